The molecule has 4 heterocycles. The van der Waals surface area contributed by atoms with Crippen LogP contribution in [-0.4, -0.2) is 66.3 Å². The highest BCUT2D eigenvalue weighted by atomic mass is 32.2. The lowest BCUT2D eigenvalue weighted by Crippen LogP contribution is -2.41. The molecule has 2 aromatic heterocycles. The Morgan fingerprint density at radius 1 is 0.975 bits per heavy atom. The number of hydrogen-bond donors (Lipinski definition) is 1. The highest BCUT2D eigenvalue weighted by molar-refractivity contribution is 7.92. The lowest BCUT2D eigenvalue weighted by molar-refractivity contribution is -0.604. The van der Waals surface area contributed by atoms with Gasteiger partial charge in [-0.2, -0.15) is 4.73 Å². The number of sulfonamides is 1. The lowest BCUT2D eigenvalue weighted by Gasteiger charge is -2.35. The SMILES string of the molecule is CCS(=O)(=O)Nc1ccc(-n2cc(-c3c[n+]([O-])cc(N4CCC(F)(F)CC4)n3)nn2)c(N2CCC3(CC2)CC3)c1. The molecule has 0 unspecified atom stereocenters. The van der Waals surface area contributed by atoms with Gasteiger partial charge in [0.05, 0.1) is 29.0 Å². The summed E-state index contributed by atoms with van der Waals surface area (Å²) in [7, 11) is -3.45. The van der Waals surface area contributed by atoms with Gasteiger partial charge in [-0.05, 0) is 56.2 Å². The summed E-state index contributed by atoms with van der Waals surface area (Å²) >= 11 is 0. The van der Waals surface area contributed by atoms with Crippen LogP contribution in [0, 0.1) is 10.6 Å². The molecule has 40 heavy (non-hydrogen) atoms. The van der Waals surface area contributed by atoms with E-state index >= 15 is 0 Å². The minimum absolute atomic E-state index is 0.0333. The van der Waals surface area contributed by atoms with Crippen LogP contribution in [0.1, 0.15) is 45.4 Å². The molecule has 2 saturated heterocycles. The fraction of sp³-hybridized carbons (Fsp3) is 0.538. The molecule has 1 N–H and O–H groups in total. The van der Waals surface area contributed by atoms with E-state index in [9.17, 15) is 22.4 Å². The zero-order valence-electron chi connectivity index (χ0n) is 22.3. The molecule has 0 amide bonds. The standard InChI is InChI=1S/C26H32F2N8O3S/c1-2-40(38,39)31-19-3-4-22(23(15-19)33-11-7-25(5-6-25)8-12-33)36-17-21(30-32-36)20-16-35(37)18-24(29-20)34-13-9-26(27,28)10-14-34/h3-4,15-18,31H,2,5-14H2,1H3. The van der Waals surface area contributed by atoms with E-state index < -0.39 is 15.9 Å². The normalized spacial score (nSPS) is 20.1. The Balaban J connectivity index is 1.31. The summed E-state index contributed by atoms with van der Waals surface area (Å²) in [4.78, 5) is 8.47. The van der Waals surface area contributed by atoms with E-state index in [0.29, 0.717) is 33.0 Å². The van der Waals surface area contributed by atoms with E-state index in [4.69, 9.17) is 0 Å². The van der Waals surface area contributed by atoms with Gasteiger partial charge in [-0.3, -0.25) is 4.72 Å². The molecule has 214 valence electrons. The third kappa shape index (κ3) is 5.54. The van der Waals surface area contributed by atoms with Crippen LogP contribution in [0.2, 0.25) is 0 Å². The quantitative estimate of drug-likeness (QED) is 0.337. The second-order valence-corrected chi connectivity index (χ2v) is 13.1. The first-order chi connectivity index (χ1) is 19.0. The minimum Gasteiger partial charge on any atom is -0.619 e. The molecule has 0 atom stereocenters. The summed E-state index contributed by atoms with van der Waals surface area (Å²) in [5.74, 6) is -2.43. The van der Waals surface area contributed by atoms with Gasteiger partial charge < -0.3 is 15.0 Å². The van der Waals surface area contributed by atoms with Crippen LogP contribution in [0.25, 0.3) is 17.1 Å². The molecule has 1 spiro atoms. The monoisotopic (exact) mass is 574 g/mol. The number of piperidine rings is 2. The molecule has 2 aliphatic heterocycles. The van der Waals surface area contributed by atoms with Crippen molar-refractivity contribution in [2.45, 2.75) is 51.4 Å². The van der Waals surface area contributed by atoms with Gasteiger partial charge in [0.15, 0.2) is 11.5 Å². The number of alkyl halides is 2. The Labute approximate surface area is 231 Å². The number of nitrogens with one attached hydrogen (secondary N) is 1. The highest BCUT2D eigenvalue weighted by Gasteiger charge is 2.44. The highest BCUT2D eigenvalue weighted by Crippen LogP contribution is 2.54. The van der Waals surface area contributed by atoms with Gasteiger partial charge in [0, 0.05) is 39.0 Å². The van der Waals surface area contributed by atoms with Crippen LogP contribution >= 0.6 is 0 Å². The summed E-state index contributed by atoms with van der Waals surface area (Å²) in [6.45, 7) is 3.50. The second kappa shape index (κ2) is 9.82. The Bertz CT molecular complexity index is 1510. The maximum Gasteiger partial charge on any atom is 0.251 e. The van der Waals surface area contributed by atoms with Crippen molar-refractivity contribution in [3.05, 3.63) is 42.0 Å². The van der Waals surface area contributed by atoms with E-state index in [0.717, 1.165) is 31.6 Å². The maximum atomic E-state index is 13.6. The Kier molecular flexibility index (Phi) is 6.55. The van der Waals surface area contributed by atoms with E-state index in [1.54, 1.807) is 34.8 Å². The fourth-order valence-electron chi connectivity index (χ4n) is 5.47. The number of aromatic nitrogens is 5. The molecular weight excluding hydrogens is 542 g/mol. The summed E-state index contributed by atoms with van der Waals surface area (Å²) < 4.78 is 56.6. The van der Waals surface area contributed by atoms with Crippen LogP contribution in [0.3, 0.4) is 0 Å². The molecular formula is C26H32F2N8O3S. The van der Waals surface area contributed by atoms with Gasteiger partial charge in [-0.25, -0.2) is 26.9 Å². The molecule has 1 aromatic carbocycles. The number of halogens is 2. The van der Waals surface area contributed by atoms with E-state index in [2.05, 4.69) is 24.9 Å². The van der Waals surface area contributed by atoms with Crippen molar-refractivity contribution >= 4 is 27.2 Å². The second-order valence-electron chi connectivity index (χ2n) is 11.1. The van der Waals surface area contributed by atoms with Crippen molar-refractivity contribution in [1.82, 2.24) is 20.0 Å². The van der Waals surface area contributed by atoms with Gasteiger partial charge in [-0.1, -0.05) is 5.21 Å². The topological polar surface area (TPSA) is 123 Å². The summed E-state index contributed by atoms with van der Waals surface area (Å²) in [5, 5.41) is 21.0. The zero-order chi connectivity index (χ0) is 28.1. The van der Waals surface area contributed by atoms with Crippen molar-refractivity contribution in [3.8, 4) is 17.1 Å². The summed E-state index contributed by atoms with van der Waals surface area (Å²) in [6.07, 6.45) is 8.33. The maximum absolute atomic E-state index is 13.6. The first-order valence-corrected chi connectivity index (χ1v) is 15.3. The van der Waals surface area contributed by atoms with Crippen LogP contribution in [0.5, 0.6) is 0 Å². The van der Waals surface area contributed by atoms with Crippen molar-refractivity contribution in [3.63, 3.8) is 0 Å². The Hall–Kier alpha value is -3.55. The van der Waals surface area contributed by atoms with Gasteiger partial charge >= 0.3 is 0 Å². The summed E-state index contributed by atoms with van der Waals surface area (Å²) in [6, 6.07) is 5.32. The lowest BCUT2D eigenvalue weighted by atomic mass is 9.93. The molecule has 1 saturated carbocycles. The van der Waals surface area contributed by atoms with Crippen LogP contribution in [0.15, 0.2) is 36.8 Å². The average Bonchev–Trinajstić information content (AvgIpc) is 3.48. The smallest absolute Gasteiger partial charge is 0.251 e. The van der Waals surface area contributed by atoms with Crippen molar-refractivity contribution < 1.29 is 21.9 Å². The van der Waals surface area contributed by atoms with Gasteiger partial charge in [0.1, 0.15) is 5.69 Å². The molecule has 3 aromatic rings. The predicted molar refractivity (Wildman–Crippen MR) is 146 cm³/mol. The average molecular weight is 575 g/mol. The number of rotatable bonds is 7. The Morgan fingerprint density at radius 3 is 2.35 bits per heavy atom. The van der Waals surface area contributed by atoms with Crippen LogP contribution in [0.4, 0.5) is 26.0 Å². The third-order valence-corrected chi connectivity index (χ3v) is 9.61. The van der Waals surface area contributed by atoms with Crippen molar-refractivity contribution in [2.24, 2.45) is 5.41 Å². The van der Waals surface area contributed by atoms with Crippen LogP contribution < -0.4 is 19.3 Å². The molecule has 14 heteroatoms. The fourth-order valence-corrected chi connectivity index (χ4v) is 6.11. The first kappa shape index (κ1) is 26.7. The van der Waals surface area contributed by atoms with E-state index in [-0.39, 0.29) is 37.4 Å². The van der Waals surface area contributed by atoms with Crippen LogP contribution in [-0.2, 0) is 10.0 Å². The third-order valence-electron chi connectivity index (χ3n) is 8.30. The van der Waals surface area contributed by atoms with Crippen molar-refractivity contribution in [2.75, 3.05) is 46.5 Å². The molecule has 11 nitrogen and oxygen atoms in total. The van der Waals surface area contributed by atoms with E-state index in [1.165, 1.54) is 25.2 Å². The largest absolute Gasteiger partial charge is 0.619 e. The number of benzene rings is 1. The van der Waals surface area contributed by atoms with Gasteiger partial charge in [0.2, 0.25) is 22.4 Å². The molecule has 0 bridgehead atoms. The van der Waals surface area contributed by atoms with Crippen molar-refractivity contribution in [1.29, 1.82) is 0 Å². The van der Waals surface area contributed by atoms with Gasteiger partial charge in [-0.15, -0.1) is 5.10 Å². The molecule has 0 radical (unpaired) electrons. The predicted octanol–water partition coefficient (Wildman–Crippen LogP) is 3.34. The first-order valence-electron chi connectivity index (χ1n) is 13.6. The summed E-state index contributed by atoms with van der Waals surface area (Å²) in [5.41, 5.74) is 3.12. The molecule has 6 rings (SSSR count). The Morgan fingerprint density at radius 2 is 1.68 bits per heavy atom. The number of nitrogens with zero attached hydrogens (tertiary/aromatic N) is 7. The van der Waals surface area contributed by atoms with E-state index in [1.807, 2.05) is 6.07 Å². The zero-order valence-corrected chi connectivity index (χ0v) is 23.1. The molecule has 3 fully saturated rings. The van der Waals surface area contributed by atoms with Gasteiger partial charge in [0.25, 0.3) is 5.92 Å². The number of hydrogen-bond acceptors (Lipinski definition) is 8. The molecule has 3 aliphatic rings. The minimum atomic E-state index is -3.45. The number of anilines is 3. The molecule has 1 aliphatic carbocycles.